The van der Waals surface area contributed by atoms with Crippen molar-refractivity contribution >= 4 is 60.6 Å². The highest BCUT2D eigenvalue weighted by molar-refractivity contribution is 9.10. The van der Waals surface area contributed by atoms with E-state index in [1.54, 1.807) is 35.3 Å². The van der Waals surface area contributed by atoms with Crippen LogP contribution >= 0.6 is 39.0 Å². The van der Waals surface area contributed by atoms with E-state index >= 15 is 0 Å². The second-order valence-corrected chi connectivity index (χ2v) is 9.67. The Morgan fingerprint density at radius 2 is 2.00 bits per heavy atom. The number of rotatable bonds is 8. The average molecular weight is 449 g/mol. The molecule has 1 atom stereocenters. The summed E-state index contributed by atoms with van der Waals surface area (Å²) in [5, 5.41) is 4.44. The van der Waals surface area contributed by atoms with E-state index in [0.29, 0.717) is 17.9 Å². The molecule has 1 heterocycles. The third-order valence-electron chi connectivity index (χ3n) is 3.10. The van der Waals surface area contributed by atoms with E-state index in [0.717, 1.165) is 15.8 Å². The maximum Gasteiger partial charge on any atom is 0.250 e. The van der Waals surface area contributed by atoms with E-state index in [1.807, 2.05) is 18.4 Å². The minimum atomic E-state index is -3.70. The van der Waals surface area contributed by atoms with Gasteiger partial charge in [0, 0.05) is 10.2 Å². The molecule has 2 N–H and O–H groups in total. The van der Waals surface area contributed by atoms with Gasteiger partial charge in [0.1, 0.15) is 10.3 Å². The number of amides is 1. The summed E-state index contributed by atoms with van der Waals surface area (Å²) in [5.74, 6) is 0.303. The number of hydrogen-bond donors (Lipinski definition) is 2. The van der Waals surface area contributed by atoms with Gasteiger partial charge in [-0.05, 0) is 54.1 Å². The van der Waals surface area contributed by atoms with Crippen LogP contribution in [0.25, 0.3) is 0 Å². The van der Waals surface area contributed by atoms with Crippen LogP contribution in [0.2, 0.25) is 0 Å². The molecule has 0 saturated carbocycles. The van der Waals surface area contributed by atoms with Crippen LogP contribution in [0.4, 0.5) is 5.69 Å². The molecule has 0 aliphatic rings. The molecule has 0 radical (unpaired) electrons. The summed E-state index contributed by atoms with van der Waals surface area (Å²) in [6.45, 7) is 0. The number of thioether (sulfide) groups is 1. The van der Waals surface area contributed by atoms with E-state index in [2.05, 4.69) is 26.0 Å². The first kappa shape index (κ1) is 19.5. The Kier molecular flexibility index (Phi) is 7.30. The van der Waals surface area contributed by atoms with Crippen LogP contribution in [-0.4, -0.2) is 32.4 Å². The maximum absolute atomic E-state index is 12.5. The maximum atomic E-state index is 12.5. The van der Waals surface area contributed by atoms with E-state index in [4.69, 9.17) is 0 Å². The first-order valence-electron chi connectivity index (χ1n) is 7.03. The molecule has 0 aliphatic carbocycles. The molecule has 5 nitrogen and oxygen atoms in total. The predicted molar refractivity (Wildman–Crippen MR) is 104 cm³/mol. The highest BCUT2D eigenvalue weighted by Crippen LogP contribution is 2.18. The Morgan fingerprint density at radius 3 is 2.58 bits per heavy atom. The van der Waals surface area contributed by atoms with Crippen LogP contribution in [0, 0.1) is 0 Å². The number of anilines is 1. The van der Waals surface area contributed by atoms with Crippen molar-refractivity contribution in [3.8, 4) is 0 Å². The zero-order valence-electron chi connectivity index (χ0n) is 12.9. The summed E-state index contributed by atoms with van der Waals surface area (Å²) >= 11 is 6.01. The fraction of sp³-hybridized carbons (Fsp3) is 0.267. The fourth-order valence-corrected chi connectivity index (χ4v) is 4.88. The Bertz CT molecular complexity index is 762. The number of carbonyl (C=O) groups excluding carboxylic acids is 1. The van der Waals surface area contributed by atoms with Crippen molar-refractivity contribution in [1.82, 2.24) is 4.72 Å². The third kappa shape index (κ3) is 5.59. The minimum absolute atomic E-state index is 0.202. The summed E-state index contributed by atoms with van der Waals surface area (Å²) in [6, 6.07) is 9.48. The number of sulfonamides is 1. The summed E-state index contributed by atoms with van der Waals surface area (Å²) in [4.78, 5) is 12.5. The van der Waals surface area contributed by atoms with Gasteiger partial charge in [-0.15, -0.1) is 11.3 Å². The normalized spacial score (nSPS) is 12.8. The topological polar surface area (TPSA) is 75.3 Å². The molecule has 9 heteroatoms. The van der Waals surface area contributed by atoms with Crippen molar-refractivity contribution in [2.24, 2.45) is 0 Å². The molecule has 1 amide bonds. The van der Waals surface area contributed by atoms with Gasteiger partial charge >= 0.3 is 0 Å². The van der Waals surface area contributed by atoms with Gasteiger partial charge in [0.15, 0.2) is 0 Å². The van der Waals surface area contributed by atoms with Crippen molar-refractivity contribution in [3.63, 3.8) is 0 Å². The molecule has 2 aromatic rings. The number of halogens is 1. The highest BCUT2D eigenvalue weighted by Gasteiger charge is 2.26. The second-order valence-electron chi connectivity index (χ2n) is 4.88. The summed E-state index contributed by atoms with van der Waals surface area (Å²) in [5.41, 5.74) is 0.618. The van der Waals surface area contributed by atoms with Crippen molar-refractivity contribution in [2.75, 3.05) is 17.3 Å². The van der Waals surface area contributed by atoms with Gasteiger partial charge in [-0.2, -0.15) is 16.5 Å². The van der Waals surface area contributed by atoms with Crippen molar-refractivity contribution in [2.45, 2.75) is 16.7 Å². The molecule has 1 aromatic heterocycles. The van der Waals surface area contributed by atoms with Gasteiger partial charge in [-0.1, -0.05) is 22.0 Å². The molecule has 130 valence electrons. The zero-order chi connectivity index (χ0) is 17.6. The number of hydrogen-bond acceptors (Lipinski definition) is 5. The zero-order valence-corrected chi connectivity index (χ0v) is 16.9. The molecule has 0 aliphatic heterocycles. The molecular weight excluding hydrogens is 432 g/mol. The molecule has 2 rings (SSSR count). The number of carbonyl (C=O) groups is 1. The Balaban J connectivity index is 2.12. The lowest BCUT2D eigenvalue weighted by molar-refractivity contribution is -0.117. The SMILES string of the molecule is CSCCC(NS(=O)(=O)c1cccs1)C(=O)Nc1ccc(Br)cc1. The van der Waals surface area contributed by atoms with E-state index < -0.39 is 16.1 Å². The predicted octanol–water partition coefficient (Wildman–Crippen LogP) is 3.55. The van der Waals surface area contributed by atoms with Crippen molar-refractivity contribution in [1.29, 1.82) is 0 Å². The standard InChI is InChI=1S/C15H17BrN2O3S3/c1-22-10-8-13(18-24(20,21)14-3-2-9-23-14)15(19)17-12-6-4-11(16)5-7-12/h2-7,9,13,18H,8,10H2,1H3,(H,17,19). The van der Waals surface area contributed by atoms with Crippen molar-refractivity contribution < 1.29 is 13.2 Å². The summed E-state index contributed by atoms with van der Waals surface area (Å²) < 4.78 is 28.4. The molecule has 24 heavy (non-hydrogen) atoms. The lowest BCUT2D eigenvalue weighted by Crippen LogP contribution is -2.43. The molecule has 0 bridgehead atoms. The van der Waals surface area contributed by atoms with Gasteiger partial charge in [0.2, 0.25) is 5.91 Å². The second kappa shape index (κ2) is 9.00. The summed E-state index contributed by atoms with van der Waals surface area (Å²) in [7, 11) is -3.70. The molecule has 1 unspecified atom stereocenters. The van der Waals surface area contributed by atoms with Crippen molar-refractivity contribution in [3.05, 3.63) is 46.3 Å². The van der Waals surface area contributed by atoms with Gasteiger partial charge < -0.3 is 5.32 Å². The van der Waals surface area contributed by atoms with Crippen LogP contribution < -0.4 is 10.0 Å². The van der Waals surface area contributed by atoms with Crippen LogP contribution in [-0.2, 0) is 14.8 Å². The average Bonchev–Trinajstić information content (AvgIpc) is 3.09. The Morgan fingerprint density at radius 1 is 1.29 bits per heavy atom. The highest BCUT2D eigenvalue weighted by atomic mass is 79.9. The largest absolute Gasteiger partial charge is 0.325 e. The van der Waals surface area contributed by atoms with E-state index in [1.165, 1.54) is 6.07 Å². The van der Waals surface area contributed by atoms with Gasteiger partial charge in [0.05, 0.1) is 0 Å². The number of thiophene rings is 1. The molecule has 1 aromatic carbocycles. The first-order valence-corrected chi connectivity index (χ1v) is 11.6. The molecule has 0 fully saturated rings. The fourth-order valence-electron chi connectivity index (χ4n) is 1.90. The Hall–Kier alpha value is -0.870. The third-order valence-corrected chi connectivity index (χ3v) is 7.14. The van der Waals surface area contributed by atoms with E-state index in [9.17, 15) is 13.2 Å². The lowest BCUT2D eigenvalue weighted by atomic mass is 10.2. The first-order chi connectivity index (χ1) is 11.4. The minimum Gasteiger partial charge on any atom is -0.325 e. The monoisotopic (exact) mass is 448 g/mol. The van der Waals surface area contributed by atoms with Crippen LogP contribution in [0.5, 0.6) is 0 Å². The van der Waals surface area contributed by atoms with Gasteiger partial charge in [-0.3, -0.25) is 4.79 Å². The van der Waals surface area contributed by atoms with Crippen LogP contribution in [0.1, 0.15) is 6.42 Å². The molecule has 0 saturated heterocycles. The van der Waals surface area contributed by atoms with Gasteiger partial charge in [0.25, 0.3) is 10.0 Å². The van der Waals surface area contributed by atoms with Crippen LogP contribution in [0.15, 0.2) is 50.5 Å². The number of benzene rings is 1. The quantitative estimate of drug-likeness (QED) is 0.647. The number of nitrogens with one attached hydrogen (secondary N) is 2. The van der Waals surface area contributed by atoms with Crippen LogP contribution in [0.3, 0.4) is 0 Å². The van der Waals surface area contributed by atoms with E-state index in [-0.39, 0.29) is 10.1 Å². The smallest absolute Gasteiger partial charge is 0.250 e. The summed E-state index contributed by atoms with van der Waals surface area (Å²) in [6.07, 6.45) is 2.32. The van der Waals surface area contributed by atoms with Gasteiger partial charge in [-0.25, -0.2) is 8.42 Å². The molecule has 0 spiro atoms. The molecular formula is C15H17BrN2O3S3. The lowest BCUT2D eigenvalue weighted by Gasteiger charge is -2.17. The Labute approximate surface area is 158 Å².